The monoisotopic (exact) mass is 257 g/mol. The van der Waals surface area contributed by atoms with Gasteiger partial charge in [0.15, 0.2) is 0 Å². The predicted octanol–water partition coefficient (Wildman–Crippen LogP) is 4.32. The zero-order chi connectivity index (χ0) is 12.4. The van der Waals surface area contributed by atoms with E-state index in [1.165, 1.54) is 35.3 Å². The van der Waals surface area contributed by atoms with Gasteiger partial charge in [0, 0.05) is 4.88 Å². The van der Waals surface area contributed by atoms with Crippen molar-refractivity contribution < 1.29 is 0 Å². The minimum absolute atomic E-state index is 0.334. The highest BCUT2D eigenvalue weighted by Gasteiger charge is 2.20. The van der Waals surface area contributed by atoms with Crippen molar-refractivity contribution in [2.24, 2.45) is 0 Å². The zero-order valence-corrected chi connectivity index (χ0v) is 11.5. The summed E-state index contributed by atoms with van der Waals surface area (Å²) in [5, 5.41) is 5.55. The maximum absolute atomic E-state index is 3.41. The molecule has 0 spiro atoms. The molecule has 0 amide bonds. The summed E-state index contributed by atoms with van der Waals surface area (Å²) in [6.07, 6.45) is 4.15. The highest BCUT2D eigenvalue weighted by Crippen LogP contribution is 2.37. The van der Waals surface area contributed by atoms with Crippen molar-refractivity contribution >= 4 is 11.3 Å². The second-order valence-corrected chi connectivity index (χ2v) is 6.01. The van der Waals surface area contributed by atoms with Gasteiger partial charge in [0.05, 0.1) is 6.04 Å². The quantitative estimate of drug-likeness (QED) is 0.860. The van der Waals surface area contributed by atoms with E-state index in [2.05, 4.69) is 47.1 Å². The van der Waals surface area contributed by atoms with Crippen molar-refractivity contribution in [3.63, 3.8) is 0 Å². The van der Waals surface area contributed by atoms with Crippen LogP contribution in [0.2, 0.25) is 0 Å². The Morgan fingerprint density at radius 3 is 2.44 bits per heavy atom. The maximum Gasteiger partial charge on any atom is 0.0668 e. The molecule has 2 aromatic rings. The zero-order valence-electron chi connectivity index (χ0n) is 10.7. The molecule has 1 aliphatic carbocycles. The first-order valence-corrected chi connectivity index (χ1v) is 7.57. The molecule has 1 aromatic carbocycles. The summed E-state index contributed by atoms with van der Waals surface area (Å²) >= 11 is 1.81. The predicted molar refractivity (Wildman–Crippen MR) is 78.3 cm³/mol. The van der Waals surface area contributed by atoms with Crippen molar-refractivity contribution in [2.45, 2.75) is 31.2 Å². The molecule has 94 valence electrons. The van der Waals surface area contributed by atoms with Crippen LogP contribution in [0.3, 0.4) is 0 Å². The fraction of sp³-hybridized carbons (Fsp3) is 0.375. The van der Waals surface area contributed by atoms with Crippen LogP contribution in [0.15, 0.2) is 41.8 Å². The van der Waals surface area contributed by atoms with Crippen LogP contribution < -0.4 is 5.32 Å². The Kier molecular flexibility index (Phi) is 3.48. The van der Waals surface area contributed by atoms with Crippen molar-refractivity contribution in [3.8, 4) is 0 Å². The average molecular weight is 257 g/mol. The van der Waals surface area contributed by atoms with Gasteiger partial charge >= 0.3 is 0 Å². The third-order valence-electron chi connectivity index (χ3n) is 3.96. The molecule has 1 saturated carbocycles. The van der Waals surface area contributed by atoms with Crippen LogP contribution in [0.4, 0.5) is 0 Å². The maximum atomic E-state index is 3.41. The second-order valence-electron chi connectivity index (χ2n) is 5.03. The summed E-state index contributed by atoms with van der Waals surface area (Å²) in [5.74, 6) is 0.828. The summed E-state index contributed by atoms with van der Waals surface area (Å²) in [5.41, 5.74) is 2.88. The lowest BCUT2D eigenvalue weighted by atomic mass is 9.80. The number of thiophene rings is 1. The molecule has 18 heavy (non-hydrogen) atoms. The van der Waals surface area contributed by atoms with E-state index in [4.69, 9.17) is 0 Å². The summed E-state index contributed by atoms with van der Waals surface area (Å²) < 4.78 is 0. The normalized spacial score (nSPS) is 17.4. The molecule has 0 bridgehead atoms. The van der Waals surface area contributed by atoms with Crippen molar-refractivity contribution in [1.82, 2.24) is 5.32 Å². The largest absolute Gasteiger partial charge is 0.309 e. The van der Waals surface area contributed by atoms with Crippen molar-refractivity contribution in [3.05, 3.63) is 57.8 Å². The standard InChI is InChI=1S/C16H19NS/c1-17-16(15-6-3-11-18-15)14-9-7-13(8-10-14)12-4-2-5-12/h3,6-12,16-17H,2,4-5H2,1H3. The minimum atomic E-state index is 0.334. The molecule has 1 heterocycles. The fourth-order valence-electron chi connectivity index (χ4n) is 2.63. The first kappa shape index (κ1) is 11.9. The van der Waals surface area contributed by atoms with Gasteiger partial charge in [-0.05, 0) is 48.4 Å². The van der Waals surface area contributed by atoms with Gasteiger partial charge in [-0.25, -0.2) is 0 Å². The van der Waals surface area contributed by atoms with Crippen molar-refractivity contribution in [1.29, 1.82) is 0 Å². The number of benzene rings is 1. The molecule has 1 aliphatic rings. The van der Waals surface area contributed by atoms with Crippen LogP contribution in [0.5, 0.6) is 0 Å². The highest BCUT2D eigenvalue weighted by molar-refractivity contribution is 7.10. The van der Waals surface area contributed by atoms with Crippen LogP contribution in [-0.4, -0.2) is 7.05 Å². The molecule has 1 nitrogen and oxygen atoms in total. The number of hydrogen-bond acceptors (Lipinski definition) is 2. The lowest BCUT2D eigenvalue weighted by Gasteiger charge is -2.26. The van der Waals surface area contributed by atoms with E-state index in [1.54, 1.807) is 0 Å². The SMILES string of the molecule is CNC(c1ccc(C2CCC2)cc1)c1cccs1. The lowest BCUT2D eigenvalue weighted by Crippen LogP contribution is -2.16. The molecule has 0 saturated heterocycles. The third kappa shape index (κ3) is 2.23. The highest BCUT2D eigenvalue weighted by atomic mass is 32.1. The van der Waals surface area contributed by atoms with E-state index in [1.807, 2.05) is 18.4 Å². The molecule has 0 radical (unpaired) electrons. The topological polar surface area (TPSA) is 12.0 Å². The van der Waals surface area contributed by atoms with Gasteiger partial charge in [0.2, 0.25) is 0 Å². The molecule has 0 aliphatic heterocycles. The van der Waals surface area contributed by atoms with E-state index in [0.29, 0.717) is 6.04 Å². The Labute approximate surface area is 113 Å². The van der Waals surface area contributed by atoms with Crippen LogP contribution in [0.25, 0.3) is 0 Å². The Hall–Kier alpha value is -1.12. The molecule has 1 unspecified atom stereocenters. The molecule has 2 heteroatoms. The Bertz CT molecular complexity index is 482. The average Bonchev–Trinajstić information content (AvgIpc) is 2.84. The van der Waals surface area contributed by atoms with Gasteiger partial charge in [-0.3, -0.25) is 0 Å². The second kappa shape index (κ2) is 5.25. The van der Waals surface area contributed by atoms with Crippen LogP contribution in [0.1, 0.15) is 47.2 Å². The molecule has 1 N–H and O–H groups in total. The van der Waals surface area contributed by atoms with Gasteiger partial charge in [-0.15, -0.1) is 11.3 Å². The van der Waals surface area contributed by atoms with E-state index >= 15 is 0 Å². The Balaban J connectivity index is 1.82. The summed E-state index contributed by atoms with van der Waals surface area (Å²) in [7, 11) is 2.03. The van der Waals surface area contributed by atoms with Gasteiger partial charge in [-0.1, -0.05) is 36.8 Å². The molecular weight excluding hydrogens is 238 g/mol. The summed E-state index contributed by atoms with van der Waals surface area (Å²) in [6, 6.07) is 13.9. The van der Waals surface area contributed by atoms with Crippen LogP contribution in [0, 0.1) is 0 Å². The minimum Gasteiger partial charge on any atom is -0.309 e. The van der Waals surface area contributed by atoms with E-state index in [9.17, 15) is 0 Å². The molecule has 1 aromatic heterocycles. The van der Waals surface area contributed by atoms with Gasteiger partial charge < -0.3 is 5.32 Å². The Morgan fingerprint density at radius 1 is 1.17 bits per heavy atom. The number of hydrogen-bond donors (Lipinski definition) is 1. The smallest absolute Gasteiger partial charge is 0.0668 e. The van der Waals surface area contributed by atoms with Crippen LogP contribution in [-0.2, 0) is 0 Å². The number of nitrogens with one attached hydrogen (secondary N) is 1. The van der Waals surface area contributed by atoms with Gasteiger partial charge in [0.25, 0.3) is 0 Å². The summed E-state index contributed by atoms with van der Waals surface area (Å²) in [4.78, 5) is 1.38. The van der Waals surface area contributed by atoms with E-state index in [0.717, 1.165) is 5.92 Å². The Morgan fingerprint density at radius 2 is 1.94 bits per heavy atom. The van der Waals surface area contributed by atoms with Gasteiger partial charge in [-0.2, -0.15) is 0 Å². The summed E-state index contributed by atoms with van der Waals surface area (Å²) in [6.45, 7) is 0. The molecular formula is C16H19NS. The van der Waals surface area contributed by atoms with E-state index < -0.39 is 0 Å². The van der Waals surface area contributed by atoms with Crippen LogP contribution >= 0.6 is 11.3 Å². The van der Waals surface area contributed by atoms with Crippen molar-refractivity contribution in [2.75, 3.05) is 7.05 Å². The number of rotatable bonds is 4. The first-order chi connectivity index (χ1) is 8.88. The molecule has 1 atom stereocenters. The van der Waals surface area contributed by atoms with E-state index in [-0.39, 0.29) is 0 Å². The van der Waals surface area contributed by atoms with Gasteiger partial charge in [0.1, 0.15) is 0 Å². The molecule has 1 fully saturated rings. The first-order valence-electron chi connectivity index (χ1n) is 6.69. The molecule has 3 rings (SSSR count). The third-order valence-corrected chi connectivity index (χ3v) is 4.90. The lowest BCUT2D eigenvalue weighted by molar-refractivity contribution is 0.419. The fourth-order valence-corrected chi connectivity index (χ4v) is 3.49.